The molecule has 120 valence electrons. The standard InChI is InChI=1S/C19H21NO2S/c1-12-10-17(13(2)23-12)18(21)8-9-19(22)20-16-7-6-14-4-3-5-15(14)11-16/h6-7,10-11H,3-5,8-9H2,1-2H3,(H,20,22). The van der Waals surface area contributed by atoms with E-state index >= 15 is 0 Å². The highest BCUT2D eigenvalue weighted by atomic mass is 32.1. The van der Waals surface area contributed by atoms with Crippen molar-refractivity contribution in [2.24, 2.45) is 0 Å². The van der Waals surface area contributed by atoms with Crippen molar-refractivity contribution in [2.45, 2.75) is 46.0 Å². The fourth-order valence-corrected chi connectivity index (χ4v) is 4.08. The molecule has 1 amide bonds. The summed E-state index contributed by atoms with van der Waals surface area (Å²) < 4.78 is 0. The third-order valence-electron chi connectivity index (χ3n) is 4.30. The van der Waals surface area contributed by atoms with E-state index in [1.165, 1.54) is 17.5 Å². The zero-order valence-corrected chi connectivity index (χ0v) is 14.4. The molecular weight excluding hydrogens is 306 g/mol. The second-order valence-electron chi connectivity index (χ2n) is 6.14. The van der Waals surface area contributed by atoms with Crippen LogP contribution in [0.25, 0.3) is 0 Å². The Morgan fingerprint density at radius 3 is 2.61 bits per heavy atom. The lowest BCUT2D eigenvalue weighted by atomic mass is 10.1. The van der Waals surface area contributed by atoms with E-state index in [2.05, 4.69) is 17.4 Å². The Kier molecular flexibility index (Phi) is 4.62. The molecule has 3 nitrogen and oxygen atoms in total. The molecule has 0 fully saturated rings. The van der Waals surface area contributed by atoms with Crippen LogP contribution in [0.2, 0.25) is 0 Å². The summed E-state index contributed by atoms with van der Waals surface area (Å²) in [6.07, 6.45) is 3.91. The molecule has 1 aliphatic rings. The summed E-state index contributed by atoms with van der Waals surface area (Å²) in [4.78, 5) is 26.5. The average Bonchev–Trinajstić information content (AvgIpc) is 3.10. The number of thiophene rings is 1. The Morgan fingerprint density at radius 2 is 1.87 bits per heavy atom. The lowest BCUT2D eigenvalue weighted by Crippen LogP contribution is -2.13. The number of fused-ring (bicyclic) bond motifs is 1. The normalized spacial score (nSPS) is 13.0. The maximum Gasteiger partial charge on any atom is 0.224 e. The predicted molar refractivity (Wildman–Crippen MR) is 94.5 cm³/mol. The predicted octanol–water partition coefficient (Wildman–Crippen LogP) is 4.46. The molecule has 23 heavy (non-hydrogen) atoms. The van der Waals surface area contributed by atoms with Gasteiger partial charge in [-0.05, 0) is 62.4 Å². The van der Waals surface area contributed by atoms with Crippen LogP contribution in [0.1, 0.15) is 50.5 Å². The number of rotatable bonds is 5. The van der Waals surface area contributed by atoms with Crippen molar-refractivity contribution in [1.29, 1.82) is 0 Å². The number of aryl methyl sites for hydroxylation is 4. The summed E-state index contributed by atoms with van der Waals surface area (Å²) in [6.45, 7) is 3.95. The first kappa shape index (κ1) is 15.9. The van der Waals surface area contributed by atoms with E-state index in [1.807, 2.05) is 26.0 Å². The Hall–Kier alpha value is -1.94. The van der Waals surface area contributed by atoms with Crippen LogP contribution >= 0.6 is 11.3 Å². The number of nitrogens with one attached hydrogen (secondary N) is 1. The van der Waals surface area contributed by atoms with Crippen molar-refractivity contribution in [3.05, 3.63) is 50.7 Å². The fraction of sp³-hybridized carbons (Fsp3) is 0.368. The molecule has 1 aromatic carbocycles. The maximum absolute atomic E-state index is 12.2. The number of carbonyl (C=O) groups is 2. The zero-order chi connectivity index (χ0) is 16.4. The first-order valence-electron chi connectivity index (χ1n) is 8.05. The average molecular weight is 327 g/mol. The summed E-state index contributed by atoms with van der Waals surface area (Å²) in [7, 11) is 0. The molecule has 0 saturated heterocycles. The van der Waals surface area contributed by atoms with Crippen LogP contribution in [0.5, 0.6) is 0 Å². The van der Waals surface area contributed by atoms with E-state index in [1.54, 1.807) is 11.3 Å². The SMILES string of the molecule is Cc1cc(C(=O)CCC(=O)Nc2ccc3c(c2)CCC3)c(C)s1. The fourth-order valence-electron chi connectivity index (χ4n) is 3.14. The third kappa shape index (κ3) is 3.70. The molecule has 1 aliphatic carbocycles. The van der Waals surface area contributed by atoms with E-state index in [0.717, 1.165) is 33.8 Å². The molecule has 0 radical (unpaired) electrons. The monoisotopic (exact) mass is 327 g/mol. The highest BCUT2D eigenvalue weighted by Crippen LogP contribution is 2.25. The van der Waals surface area contributed by atoms with Gasteiger partial charge < -0.3 is 5.32 Å². The number of amides is 1. The maximum atomic E-state index is 12.2. The quantitative estimate of drug-likeness (QED) is 0.824. The molecule has 0 aliphatic heterocycles. The van der Waals surface area contributed by atoms with Gasteiger partial charge in [-0.25, -0.2) is 0 Å². The summed E-state index contributed by atoms with van der Waals surface area (Å²) in [5.41, 5.74) is 4.33. The summed E-state index contributed by atoms with van der Waals surface area (Å²) >= 11 is 1.62. The Bertz CT molecular complexity index is 761. The van der Waals surface area contributed by atoms with Crippen molar-refractivity contribution in [1.82, 2.24) is 0 Å². The van der Waals surface area contributed by atoms with Gasteiger partial charge in [0, 0.05) is 33.8 Å². The van der Waals surface area contributed by atoms with Gasteiger partial charge in [-0.1, -0.05) is 6.07 Å². The number of hydrogen-bond donors (Lipinski definition) is 1. The third-order valence-corrected chi connectivity index (χ3v) is 5.27. The van der Waals surface area contributed by atoms with Gasteiger partial charge in [0.1, 0.15) is 0 Å². The lowest BCUT2D eigenvalue weighted by molar-refractivity contribution is -0.116. The van der Waals surface area contributed by atoms with Crippen molar-refractivity contribution in [3.8, 4) is 0 Å². The molecule has 0 unspecified atom stereocenters. The molecule has 1 aromatic heterocycles. The highest BCUT2D eigenvalue weighted by molar-refractivity contribution is 7.12. The number of carbonyl (C=O) groups excluding carboxylic acids is 2. The first-order chi connectivity index (χ1) is 11.0. The van der Waals surface area contributed by atoms with E-state index in [0.29, 0.717) is 0 Å². The van der Waals surface area contributed by atoms with Gasteiger partial charge in [0.2, 0.25) is 5.91 Å². The number of benzene rings is 1. The summed E-state index contributed by atoms with van der Waals surface area (Å²) in [6, 6.07) is 8.03. The number of Topliss-reactive ketones (excluding diaryl/α,β-unsaturated/α-hetero) is 1. The molecule has 0 spiro atoms. The second kappa shape index (κ2) is 6.67. The lowest BCUT2D eigenvalue weighted by Gasteiger charge is -2.07. The molecule has 1 heterocycles. The molecular formula is C19H21NO2S. The number of anilines is 1. The first-order valence-corrected chi connectivity index (χ1v) is 8.86. The zero-order valence-electron chi connectivity index (χ0n) is 13.6. The van der Waals surface area contributed by atoms with Gasteiger partial charge >= 0.3 is 0 Å². The summed E-state index contributed by atoms with van der Waals surface area (Å²) in [5.74, 6) is -0.0446. The van der Waals surface area contributed by atoms with Crippen molar-refractivity contribution < 1.29 is 9.59 Å². The van der Waals surface area contributed by atoms with Gasteiger partial charge in [0.05, 0.1) is 0 Å². The Morgan fingerprint density at radius 1 is 1.09 bits per heavy atom. The van der Waals surface area contributed by atoms with E-state index < -0.39 is 0 Å². The molecule has 0 atom stereocenters. The summed E-state index contributed by atoms with van der Waals surface area (Å²) in [5, 5.41) is 2.91. The van der Waals surface area contributed by atoms with Crippen LogP contribution < -0.4 is 5.32 Å². The molecule has 4 heteroatoms. The van der Waals surface area contributed by atoms with E-state index in [4.69, 9.17) is 0 Å². The van der Waals surface area contributed by atoms with E-state index in [-0.39, 0.29) is 24.5 Å². The van der Waals surface area contributed by atoms with Gasteiger partial charge in [0.25, 0.3) is 0 Å². The highest BCUT2D eigenvalue weighted by Gasteiger charge is 2.15. The minimum Gasteiger partial charge on any atom is -0.326 e. The minimum atomic E-state index is -0.0964. The van der Waals surface area contributed by atoms with Crippen LogP contribution in [0.15, 0.2) is 24.3 Å². The van der Waals surface area contributed by atoms with Crippen LogP contribution in [0.4, 0.5) is 5.69 Å². The molecule has 3 rings (SSSR count). The minimum absolute atomic E-state index is 0.0518. The van der Waals surface area contributed by atoms with Crippen LogP contribution in [-0.4, -0.2) is 11.7 Å². The molecule has 0 bridgehead atoms. The van der Waals surface area contributed by atoms with E-state index in [9.17, 15) is 9.59 Å². The van der Waals surface area contributed by atoms with Crippen molar-refractivity contribution in [2.75, 3.05) is 5.32 Å². The van der Waals surface area contributed by atoms with Gasteiger partial charge in [-0.2, -0.15) is 0 Å². The Labute approximate surface area is 140 Å². The molecule has 1 N–H and O–H groups in total. The van der Waals surface area contributed by atoms with Crippen molar-refractivity contribution in [3.63, 3.8) is 0 Å². The molecule has 0 saturated carbocycles. The topological polar surface area (TPSA) is 46.2 Å². The van der Waals surface area contributed by atoms with Crippen LogP contribution in [0.3, 0.4) is 0 Å². The van der Waals surface area contributed by atoms with Crippen LogP contribution in [0, 0.1) is 13.8 Å². The second-order valence-corrected chi connectivity index (χ2v) is 7.60. The van der Waals surface area contributed by atoms with Crippen molar-refractivity contribution >= 4 is 28.7 Å². The van der Waals surface area contributed by atoms with Gasteiger partial charge in [-0.15, -0.1) is 11.3 Å². The smallest absolute Gasteiger partial charge is 0.224 e. The largest absolute Gasteiger partial charge is 0.326 e. The number of ketones is 1. The van der Waals surface area contributed by atoms with Gasteiger partial charge in [-0.3, -0.25) is 9.59 Å². The van der Waals surface area contributed by atoms with Gasteiger partial charge in [0.15, 0.2) is 5.78 Å². The molecule has 2 aromatic rings. The van der Waals surface area contributed by atoms with Crippen LogP contribution in [-0.2, 0) is 17.6 Å². The Balaban J connectivity index is 1.55. The number of hydrogen-bond acceptors (Lipinski definition) is 3.